The monoisotopic (exact) mass is 609 g/mol. The van der Waals surface area contributed by atoms with Gasteiger partial charge in [-0.05, 0) is 60.5 Å². The van der Waals surface area contributed by atoms with E-state index in [0.717, 1.165) is 30.7 Å². The number of hydrogen-bond donors (Lipinski definition) is 2. The first-order valence-corrected chi connectivity index (χ1v) is 15.2. The van der Waals surface area contributed by atoms with Crippen LogP contribution in [0, 0.1) is 17.5 Å². The fraction of sp³-hybridized carbons (Fsp3) is 0.219. The Bertz CT molecular complexity index is 1780. The van der Waals surface area contributed by atoms with E-state index in [2.05, 4.69) is 5.32 Å². The Morgan fingerprint density at radius 2 is 1.65 bits per heavy atom. The lowest BCUT2D eigenvalue weighted by Gasteiger charge is -2.30. The van der Waals surface area contributed by atoms with Gasteiger partial charge in [-0.1, -0.05) is 50.1 Å². The Labute approximate surface area is 248 Å². The third kappa shape index (κ3) is 5.82. The maximum atomic E-state index is 14.8. The van der Waals surface area contributed by atoms with Gasteiger partial charge in [0.25, 0.3) is 0 Å². The van der Waals surface area contributed by atoms with Crippen molar-refractivity contribution in [3.8, 4) is 11.1 Å². The molecule has 0 spiro atoms. The van der Waals surface area contributed by atoms with Gasteiger partial charge in [-0.25, -0.2) is 26.4 Å². The molecule has 1 atom stereocenters. The fourth-order valence-corrected chi connectivity index (χ4v) is 6.85. The fourth-order valence-electron chi connectivity index (χ4n) is 5.28. The number of aromatic carboxylic acids is 1. The number of carboxylic acid groups (broad SMARTS) is 1. The van der Waals surface area contributed by atoms with E-state index in [1.807, 2.05) is 42.2 Å². The maximum absolute atomic E-state index is 14.8. The van der Waals surface area contributed by atoms with Crippen LogP contribution < -0.4 is 10.2 Å². The molecule has 0 saturated heterocycles. The quantitative estimate of drug-likeness (QED) is 0.215. The number of carbonyl (C=O) groups is 1. The van der Waals surface area contributed by atoms with Crippen molar-refractivity contribution in [3.05, 3.63) is 102 Å². The van der Waals surface area contributed by atoms with Gasteiger partial charge in [-0.15, -0.1) is 0 Å². The largest absolute Gasteiger partial charge is 0.478 e. The molecule has 7 nitrogen and oxygen atoms in total. The first kappa shape index (κ1) is 30.1. The van der Waals surface area contributed by atoms with Crippen LogP contribution in [0.4, 0.5) is 35.9 Å². The molecule has 0 fully saturated rings. The molecule has 0 aromatic heterocycles. The number of benzene rings is 4. The number of unbranched alkanes of at least 4 members (excludes halogenated alkanes) is 1. The summed E-state index contributed by atoms with van der Waals surface area (Å²) in [7, 11) is -2.63. The van der Waals surface area contributed by atoms with E-state index in [1.54, 1.807) is 6.07 Å². The molecule has 224 valence electrons. The smallest absolute Gasteiger partial charge is 0.338 e. The number of nitrogens with zero attached hydrogens (tertiary/aromatic N) is 2. The third-order valence-corrected chi connectivity index (χ3v) is 9.57. The molecule has 1 heterocycles. The number of hydrogen-bond acceptors (Lipinski definition) is 5. The Hall–Kier alpha value is -4.35. The van der Waals surface area contributed by atoms with Gasteiger partial charge in [0.15, 0.2) is 11.6 Å². The Morgan fingerprint density at radius 3 is 2.33 bits per heavy atom. The van der Waals surface area contributed by atoms with Crippen LogP contribution in [0.3, 0.4) is 0 Å². The van der Waals surface area contributed by atoms with Crippen LogP contribution in [0.1, 0.15) is 36.5 Å². The zero-order valence-electron chi connectivity index (χ0n) is 23.5. The van der Waals surface area contributed by atoms with Crippen molar-refractivity contribution in [1.82, 2.24) is 4.31 Å². The van der Waals surface area contributed by atoms with E-state index in [1.165, 1.54) is 41.7 Å². The zero-order chi connectivity index (χ0) is 30.9. The van der Waals surface area contributed by atoms with Gasteiger partial charge in [0.1, 0.15) is 10.7 Å². The zero-order valence-corrected chi connectivity index (χ0v) is 24.3. The van der Waals surface area contributed by atoms with Gasteiger partial charge in [0, 0.05) is 36.6 Å². The molecule has 0 bridgehead atoms. The van der Waals surface area contributed by atoms with Crippen molar-refractivity contribution in [3.63, 3.8) is 0 Å². The topological polar surface area (TPSA) is 90.0 Å². The highest BCUT2D eigenvalue weighted by Gasteiger charge is 2.37. The Kier molecular flexibility index (Phi) is 8.48. The molecule has 0 radical (unpaired) electrons. The number of rotatable bonds is 8. The molecular weight excluding hydrogens is 579 g/mol. The van der Waals surface area contributed by atoms with E-state index >= 15 is 0 Å². The highest BCUT2D eigenvalue weighted by atomic mass is 32.2. The van der Waals surface area contributed by atoms with Crippen LogP contribution in [0.2, 0.25) is 0 Å². The molecule has 0 saturated carbocycles. The lowest BCUT2D eigenvalue weighted by molar-refractivity contribution is 0.0690. The second-order valence-electron chi connectivity index (χ2n) is 10.4. The number of carboxylic acids is 1. The normalized spacial score (nSPS) is 16.4. The average molecular weight is 610 g/mol. The molecule has 1 aliphatic rings. The summed E-state index contributed by atoms with van der Waals surface area (Å²) in [5, 5.41) is 12.5. The summed E-state index contributed by atoms with van der Waals surface area (Å²) in [6.45, 7) is 2.34. The summed E-state index contributed by atoms with van der Waals surface area (Å²) in [6.07, 6.45) is 2.26. The molecular formula is C32H30F3N3O4S. The van der Waals surface area contributed by atoms with Crippen molar-refractivity contribution < 1.29 is 31.5 Å². The number of likely N-dealkylation sites (N-methyl/N-ethyl adjacent to an activating group) is 1. The van der Waals surface area contributed by atoms with Crippen molar-refractivity contribution in [1.29, 1.82) is 0 Å². The minimum Gasteiger partial charge on any atom is -0.478 e. The molecule has 4 aromatic carbocycles. The van der Waals surface area contributed by atoms with Gasteiger partial charge in [-0.3, -0.25) is 0 Å². The standard InChI is InChI=1S/C32H30F3N3O4S/c1-3-4-10-22-19-38(21-11-6-5-7-12-21)29-18-28(36-27-14-9-8-13-25(27)33)23(17-30(29)43(41,42)37(22)2)20-15-24(32(39)40)31(35)26(34)16-20/h5-9,11-18,22,36H,3-4,10,19H2,1-2H3,(H,39,40)/t22-/m1/s1. The summed E-state index contributed by atoms with van der Waals surface area (Å²) in [5.74, 6) is -5.27. The van der Waals surface area contributed by atoms with Crippen LogP contribution in [0.15, 0.2) is 83.8 Å². The molecule has 4 aromatic rings. The number of fused-ring (bicyclic) bond motifs is 1. The van der Waals surface area contributed by atoms with Crippen LogP contribution >= 0.6 is 0 Å². The SMILES string of the molecule is CCCC[C@@H]1CN(c2ccccc2)c2cc(Nc3ccccc3F)c(-c3cc(F)c(F)c(C(=O)O)c3)cc2S(=O)(=O)N1C. The van der Waals surface area contributed by atoms with E-state index in [0.29, 0.717) is 18.7 Å². The molecule has 0 unspecified atom stereocenters. The maximum Gasteiger partial charge on any atom is 0.338 e. The van der Waals surface area contributed by atoms with E-state index in [9.17, 15) is 31.5 Å². The summed E-state index contributed by atoms with van der Waals surface area (Å²) in [4.78, 5) is 13.5. The van der Waals surface area contributed by atoms with Crippen molar-refractivity contribution >= 4 is 38.7 Å². The minimum absolute atomic E-state index is 0.0420. The van der Waals surface area contributed by atoms with Gasteiger partial charge in [0.2, 0.25) is 10.0 Å². The van der Waals surface area contributed by atoms with Crippen LogP contribution in [0.25, 0.3) is 11.1 Å². The number of anilines is 4. The summed E-state index contributed by atoms with van der Waals surface area (Å²) >= 11 is 0. The van der Waals surface area contributed by atoms with Crippen molar-refractivity contribution in [2.24, 2.45) is 0 Å². The van der Waals surface area contributed by atoms with Gasteiger partial charge < -0.3 is 15.3 Å². The van der Waals surface area contributed by atoms with E-state index < -0.39 is 45.0 Å². The summed E-state index contributed by atoms with van der Waals surface area (Å²) in [5.41, 5.74) is 0.242. The predicted molar refractivity (Wildman–Crippen MR) is 160 cm³/mol. The number of para-hydroxylation sites is 2. The second kappa shape index (κ2) is 12.1. The molecule has 11 heteroatoms. The lowest BCUT2D eigenvalue weighted by Crippen LogP contribution is -2.40. The molecule has 43 heavy (non-hydrogen) atoms. The van der Waals surface area contributed by atoms with Gasteiger partial charge in [0.05, 0.1) is 16.9 Å². The first-order valence-electron chi connectivity index (χ1n) is 13.8. The number of sulfonamides is 1. The summed E-state index contributed by atoms with van der Waals surface area (Å²) in [6, 6.07) is 19.2. The predicted octanol–water partition coefficient (Wildman–Crippen LogP) is 7.54. The highest BCUT2D eigenvalue weighted by Crippen LogP contribution is 2.44. The molecule has 1 aliphatic heterocycles. The Morgan fingerprint density at radius 1 is 0.953 bits per heavy atom. The van der Waals surface area contributed by atoms with Gasteiger partial charge >= 0.3 is 5.97 Å². The van der Waals surface area contributed by atoms with Crippen LogP contribution in [-0.2, 0) is 10.0 Å². The molecule has 5 rings (SSSR count). The van der Waals surface area contributed by atoms with E-state index in [-0.39, 0.29) is 27.4 Å². The highest BCUT2D eigenvalue weighted by molar-refractivity contribution is 7.89. The number of halogens is 3. The Balaban J connectivity index is 1.82. The second-order valence-corrected chi connectivity index (χ2v) is 12.3. The molecule has 0 aliphatic carbocycles. The third-order valence-electron chi connectivity index (χ3n) is 7.63. The molecule has 2 N–H and O–H groups in total. The first-order chi connectivity index (χ1) is 20.5. The lowest BCUT2D eigenvalue weighted by atomic mass is 9.99. The number of nitrogens with one attached hydrogen (secondary N) is 1. The van der Waals surface area contributed by atoms with Crippen molar-refractivity contribution in [2.75, 3.05) is 23.8 Å². The summed E-state index contributed by atoms with van der Waals surface area (Å²) < 4.78 is 73.6. The van der Waals surface area contributed by atoms with Crippen molar-refractivity contribution in [2.45, 2.75) is 37.1 Å². The average Bonchev–Trinajstić information content (AvgIpc) is 3.06. The van der Waals surface area contributed by atoms with Gasteiger partial charge in [-0.2, -0.15) is 4.31 Å². The molecule has 0 amide bonds. The van der Waals surface area contributed by atoms with E-state index in [4.69, 9.17) is 0 Å². The van der Waals surface area contributed by atoms with Crippen LogP contribution in [0.5, 0.6) is 0 Å². The van der Waals surface area contributed by atoms with Crippen LogP contribution in [-0.4, -0.2) is 43.4 Å². The minimum atomic E-state index is -4.15.